The van der Waals surface area contributed by atoms with Crippen molar-refractivity contribution in [2.24, 2.45) is 0 Å². The number of halogens is 2. The van der Waals surface area contributed by atoms with Gasteiger partial charge in [-0.25, -0.2) is 8.78 Å². The van der Waals surface area contributed by atoms with E-state index in [4.69, 9.17) is 0 Å². The summed E-state index contributed by atoms with van der Waals surface area (Å²) in [5.41, 5.74) is 2.25. The maximum atomic E-state index is 13.6. The molecule has 0 amide bonds. The third-order valence-corrected chi connectivity index (χ3v) is 3.21. The SMILES string of the molecule is Cc1cc(CN[C@H](C)c2ccccc2F)ccc1F. The van der Waals surface area contributed by atoms with E-state index in [1.807, 2.05) is 13.0 Å². The lowest BCUT2D eigenvalue weighted by Gasteiger charge is -2.15. The minimum atomic E-state index is -0.210. The minimum absolute atomic E-state index is 0.0911. The van der Waals surface area contributed by atoms with Gasteiger partial charge < -0.3 is 5.32 Å². The number of benzene rings is 2. The molecule has 0 heterocycles. The summed E-state index contributed by atoms with van der Waals surface area (Å²) in [5, 5.41) is 3.24. The van der Waals surface area contributed by atoms with E-state index in [9.17, 15) is 8.78 Å². The van der Waals surface area contributed by atoms with Crippen LogP contribution in [-0.4, -0.2) is 0 Å². The minimum Gasteiger partial charge on any atom is -0.306 e. The van der Waals surface area contributed by atoms with Crippen molar-refractivity contribution in [3.63, 3.8) is 0 Å². The Morgan fingerprint density at radius 2 is 1.79 bits per heavy atom. The van der Waals surface area contributed by atoms with E-state index in [0.717, 1.165) is 5.56 Å². The van der Waals surface area contributed by atoms with Crippen molar-refractivity contribution < 1.29 is 8.78 Å². The zero-order valence-electron chi connectivity index (χ0n) is 11.1. The van der Waals surface area contributed by atoms with Gasteiger partial charge in [0.05, 0.1) is 0 Å². The van der Waals surface area contributed by atoms with Crippen LogP contribution in [0.4, 0.5) is 8.78 Å². The number of hydrogen-bond acceptors (Lipinski definition) is 1. The predicted octanol–water partition coefficient (Wildman–Crippen LogP) is 4.12. The molecule has 0 spiro atoms. The fraction of sp³-hybridized carbons (Fsp3) is 0.250. The number of nitrogens with one attached hydrogen (secondary N) is 1. The van der Waals surface area contributed by atoms with Gasteiger partial charge in [0.1, 0.15) is 11.6 Å². The molecule has 0 aliphatic rings. The van der Waals surface area contributed by atoms with Gasteiger partial charge in [-0.2, -0.15) is 0 Å². The highest BCUT2D eigenvalue weighted by Crippen LogP contribution is 2.17. The highest BCUT2D eigenvalue weighted by molar-refractivity contribution is 5.25. The topological polar surface area (TPSA) is 12.0 Å². The Hall–Kier alpha value is -1.74. The monoisotopic (exact) mass is 261 g/mol. The third-order valence-electron chi connectivity index (χ3n) is 3.21. The molecule has 100 valence electrons. The van der Waals surface area contributed by atoms with Crippen LogP contribution >= 0.6 is 0 Å². The third kappa shape index (κ3) is 3.38. The summed E-state index contributed by atoms with van der Waals surface area (Å²) in [5.74, 6) is -0.413. The maximum absolute atomic E-state index is 13.6. The molecule has 0 fully saturated rings. The Morgan fingerprint density at radius 1 is 1.05 bits per heavy atom. The molecular weight excluding hydrogens is 244 g/mol. The first-order valence-corrected chi connectivity index (χ1v) is 6.31. The standard InChI is InChI=1S/C16H17F2N/c1-11-9-13(7-8-15(11)17)10-19-12(2)14-5-3-4-6-16(14)18/h3-9,12,19H,10H2,1-2H3/t12-/m1/s1. The van der Waals surface area contributed by atoms with Crippen LogP contribution in [-0.2, 0) is 6.54 Å². The first-order chi connectivity index (χ1) is 9.08. The lowest BCUT2D eigenvalue weighted by atomic mass is 10.1. The average Bonchev–Trinajstić information content (AvgIpc) is 2.40. The van der Waals surface area contributed by atoms with Crippen LogP contribution in [0.3, 0.4) is 0 Å². The Morgan fingerprint density at radius 3 is 2.47 bits per heavy atom. The van der Waals surface area contributed by atoms with Gasteiger partial charge in [0.25, 0.3) is 0 Å². The molecule has 0 aliphatic carbocycles. The van der Waals surface area contributed by atoms with Gasteiger partial charge in [-0.15, -0.1) is 0 Å². The van der Waals surface area contributed by atoms with Gasteiger partial charge in [0.15, 0.2) is 0 Å². The molecule has 3 heteroatoms. The van der Waals surface area contributed by atoms with E-state index in [1.54, 1.807) is 31.2 Å². The molecular formula is C16H17F2N. The first kappa shape index (κ1) is 13.7. The van der Waals surface area contributed by atoms with Gasteiger partial charge in [-0.3, -0.25) is 0 Å². The average molecular weight is 261 g/mol. The van der Waals surface area contributed by atoms with Crippen LogP contribution in [0.5, 0.6) is 0 Å². The highest BCUT2D eigenvalue weighted by atomic mass is 19.1. The molecule has 2 aromatic carbocycles. The number of rotatable bonds is 4. The second kappa shape index (κ2) is 5.93. The van der Waals surface area contributed by atoms with Crippen molar-refractivity contribution >= 4 is 0 Å². The van der Waals surface area contributed by atoms with Crippen LogP contribution in [0.15, 0.2) is 42.5 Å². The fourth-order valence-corrected chi connectivity index (χ4v) is 2.02. The fourth-order valence-electron chi connectivity index (χ4n) is 2.02. The van der Waals surface area contributed by atoms with Gasteiger partial charge >= 0.3 is 0 Å². The van der Waals surface area contributed by atoms with Crippen molar-refractivity contribution in [1.82, 2.24) is 5.32 Å². The molecule has 0 aromatic heterocycles. The van der Waals surface area contributed by atoms with Crippen molar-refractivity contribution in [2.45, 2.75) is 26.4 Å². The summed E-state index contributed by atoms with van der Waals surface area (Å²) in [6.07, 6.45) is 0. The van der Waals surface area contributed by atoms with Crippen LogP contribution in [0.1, 0.15) is 29.7 Å². The molecule has 19 heavy (non-hydrogen) atoms. The Labute approximate surface area is 112 Å². The Kier molecular flexibility index (Phi) is 4.27. The summed E-state index contributed by atoms with van der Waals surface area (Å²) >= 11 is 0. The molecule has 0 saturated heterocycles. The van der Waals surface area contributed by atoms with Crippen LogP contribution < -0.4 is 5.32 Å². The van der Waals surface area contributed by atoms with Crippen molar-refractivity contribution in [3.05, 3.63) is 70.8 Å². The van der Waals surface area contributed by atoms with Gasteiger partial charge in [-0.05, 0) is 37.1 Å². The first-order valence-electron chi connectivity index (χ1n) is 6.31. The zero-order valence-corrected chi connectivity index (χ0v) is 11.1. The summed E-state index contributed by atoms with van der Waals surface area (Å²) in [6, 6.07) is 11.6. The molecule has 0 bridgehead atoms. The van der Waals surface area contributed by atoms with Crippen LogP contribution in [0.2, 0.25) is 0 Å². The molecule has 0 unspecified atom stereocenters. The molecule has 2 rings (SSSR count). The van der Waals surface area contributed by atoms with Gasteiger partial charge in [-0.1, -0.05) is 30.3 Å². The smallest absolute Gasteiger partial charge is 0.127 e. The summed E-state index contributed by atoms with van der Waals surface area (Å²) < 4.78 is 26.7. The highest BCUT2D eigenvalue weighted by Gasteiger charge is 2.09. The normalized spacial score (nSPS) is 12.4. The van der Waals surface area contributed by atoms with Crippen molar-refractivity contribution in [1.29, 1.82) is 0 Å². The molecule has 1 nitrogen and oxygen atoms in total. The van der Waals surface area contributed by atoms with E-state index >= 15 is 0 Å². The Bertz CT molecular complexity index is 566. The van der Waals surface area contributed by atoms with E-state index < -0.39 is 0 Å². The largest absolute Gasteiger partial charge is 0.306 e. The summed E-state index contributed by atoms with van der Waals surface area (Å²) in [7, 11) is 0. The maximum Gasteiger partial charge on any atom is 0.127 e. The quantitative estimate of drug-likeness (QED) is 0.872. The molecule has 0 aliphatic heterocycles. The lowest BCUT2D eigenvalue weighted by molar-refractivity contribution is 0.527. The predicted molar refractivity (Wildman–Crippen MR) is 72.8 cm³/mol. The zero-order chi connectivity index (χ0) is 13.8. The molecule has 0 radical (unpaired) electrons. The van der Waals surface area contributed by atoms with Gasteiger partial charge in [0.2, 0.25) is 0 Å². The Balaban J connectivity index is 2.02. The lowest BCUT2D eigenvalue weighted by Crippen LogP contribution is -2.19. The summed E-state index contributed by atoms with van der Waals surface area (Å²) in [6.45, 7) is 4.23. The van der Waals surface area contributed by atoms with E-state index in [1.165, 1.54) is 12.1 Å². The second-order valence-corrected chi connectivity index (χ2v) is 4.71. The van der Waals surface area contributed by atoms with Gasteiger partial charge in [0, 0.05) is 18.2 Å². The molecule has 0 saturated carbocycles. The number of hydrogen-bond donors (Lipinski definition) is 1. The molecule has 1 N–H and O–H groups in total. The van der Waals surface area contributed by atoms with Crippen molar-refractivity contribution in [3.8, 4) is 0 Å². The van der Waals surface area contributed by atoms with Crippen LogP contribution in [0.25, 0.3) is 0 Å². The summed E-state index contributed by atoms with van der Waals surface area (Å²) in [4.78, 5) is 0. The van der Waals surface area contributed by atoms with Crippen molar-refractivity contribution in [2.75, 3.05) is 0 Å². The molecule has 1 atom stereocenters. The molecule has 2 aromatic rings. The van der Waals surface area contributed by atoms with E-state index in [-0.39, 0.29) is 17.7 Å². The number of aryl methyl sites for hydroxylation is 1. The van der Waals surface area contributed by atoms with E-state index in [2.05, 4.69) is 5.32 Å². The van der Waals surface area contributed by atoms with E-state index in [0.29, 0.717) is 17.7 Å². The second-order valence-electron chi connectivity index (χ2n) is 4.71. The van der Waals surface area contributed by atoms with Crippen LogP contribution in [0, 0.1) is 18.6 Å².